The predicted octanol–water partition coefficient (Wildman–Crippen LogP) is 4.91. The first kappa shape index (κ1) is 14.3. The second-order valence-corrected chi connectivity index (χ2v) is 6.47. The molecule has 100 valence electrons. The highest BCUT2D eigenvalue weighted by molar-refractivity contribution is 14.1. The van der Waals surface area contributed by atoms with Gasteiger partial charge in [-0.05, 0) is 59.5 Å². The van der Waals surface area contributed by atoms with Crippen LogP contribution in [0.2, 0.25) is 0 Å². The second kappa shape index (κ2) is 7.49. The van der Waals surface area contributed by atoms with Crippen LogP contribution in [-0.2, 0) is 0 Å². The Morgan fingerprint density at radius 3 is 2.44 bits per heavy atom. The van der Waals surface area contributed by atoms with Crippen molar-refractivity contribution in [3.05, 3.63) is 33.4 Å². The Bertz CT molecular complexity index is 356. The molecule has 0 bridgehead atoms. The van der Waals surface area contributed by atoms with Gasteiger partial charge in [-0.15, -0.1) is 0 Å². The standard InChI is InChI=1S/C16H24IN/c1-2-18-16(13-9-5-3-4-6-10-13)14-11-7-8-12-15(14)17/h7-8,11-13,16,18H,2-6,9-10H2,1H3. The summed E-state index contributed by atoms with van der Waals surface area (Å²) < 4.78 is 1.41. The van der Waals surface area contributed by atoms with Gasteiger partial charge in [0.25, 0.3) is 0 Å². The minimum absolute atomic E-state index is 0.557. The summed E-state index contributed by atoms with van der Waals surface area (Å²) in [5.74, 6) is 0.823. The maximum Gasteiger partial charge on any atom is 0.0359 e. The summed E-state index contributed by atoms with van der Waals surface area (Å²) in [5, 5.41) is 3.73. The molecule has 1 saturated carbocycles. The van der Waals surface area contributed by atoms with Gasteiger partial charge in [0.1, 0.15) is 0 Å². The summed E-state index contributed by atoms with van der Waals surface area (Å²) in [6, 6.07) is 9.41. The van der Waals surface area contributed by atoms with Crippen LogP contribution in [0.5, 0.6) is 0 Å². The van der Waals surface area contributed by atoms with Crippen LogP contribution in [-0.4, -0.2) is 6.54 Å². The SMILES string of the molecule is CCNC(c1ccccc1I)C1CCCCCC1. The van der Waals surface area contributed by atoms with Gasteiger partial charge in [-0.25, -0.2) is 0 Å². The van der Waals surface area contributed by atoms with Gasteiger partial charge in [-0.2, -0.15) is 0 Å². The molecule has 1 aromatic carbocycles. The van der Waals surface area contributed by atoms with Crippen LogP contribution in [0.4, 0.5) is 0 Å². The van der Waals surface area contributed by atoms with Crippen molar-refractivity contribution >= 4 is 22.6 Å². The first-order valence-electron chi connectivity index (χ1n) is 7.30. The minimum atomic E-state index is 0.557. The van der Waals surface area contributed by atoms with Gasteiger partial charge in [0.2, 0.25) is 0 Å². The third kappa shape index (κ3) is 3.70. The molecule has 2 heteroatoms. The lowest BCUT2D eigenvalue weighted by molar-refractivity contribution is 0.329. The number of benzene rings is 1. The number of rotatable bonds is 4. The summed E-state index contributed by atoms with van der Waals surface area (Å²) in [7, 11) is 0. The van der Waals surface area contributed by atoms with Crippen molar-refractivity contribution in [2.75, 3.05) is 6.54 Å². The topological polar surface area (TPSA) is 12.0 Å². The van der Waals surface area contributed by atoms with E-state index in [0.29, 0.717) is 6.04 Å². The van der Waals surface area contributed by atoms with Gasteiger partial charge in [0, 0.05) is 9.61 Å². The van der Waals surface area contributed by atoms with E-state index in [9.17, 15) is 0 Å². The molecule has 1 aliphatic rings. The van der Waals surface area contributed by atoms with Crippen LogP contribution in [0.15, 0.2) is 24.3 Å². The molecule has 0 radical (unpaired) electrons. The molecule has 1 fully saturated rings. The number of hydrogen-bond acceptors (Lipinski definition) is 1. The first-order chi connectivity index (χ1) is 8.83. The molecule has 0 saturated heterocycles. The van der Waals surface area contributed by atoms with Crippen LogP contribution in [0.1, 0.15) is 57.1 Å². The summed E-state index contributed by atoms with van der Waals surface area (Å²) in [4.78, 5) is 0. The summed E-state index contributed by atoms with van der Waals surface area (Å²) in [6.07, 6.45) is 8.47. The average molecular weight is 357 g/mol. The van der Waals surface area contributed by atoms with Crippen LogP contribution < -0.4 is 5.32 Å². The Morgan fingerprint density at radius 1 is 1.17 bits per heavy atom. The maximum absolute atomic E-state index is 3.73. The van der Waals surface area contributed by atoms with Gasteiger partial charge < -0.3 is 5.32 Å². The summed E-state index contributed by atoms with van der Waals surface area (Å²) in [5.41, 5.74) is 1.51. The lowest BCUT2D eigenvalue weighted by Crippen LogP contribution is -2.28. The Balaban J connectivity index is 2.18. The van der Waals surface area contributed by atoms with Crippen LogP contribution in [0, 0.1) is 9.49 Å². The quantitative estimate of drug-likeness (QED) is 0.596. The van der Waals surface area contributed by atoms with E-state index >= 15 is 0 Å². The first-order valence-corrected chi connectivity index (χ1v) is 8.38. The molecule has 1 atom stereocenters. The molecule has 1 nitrogen and oxygen atoms in total. The Morgan fingerprint density at radius 2 is 1.83 bits per heavy atom. The highest BCUT2D eigenvalue weighted by Gasteiger charge is 2.24. The van der Waals surface area contributed by atoms with E-state index in [1.54, 1.807) is 0 Å². The molecule has 0 aromatic heterocycles. The summed E-state index contributed by atoms with van der Waals surface area (Å²) in [6.45, 7) is 3.28. The van der Waals surface area contributed by atoms with E-state index in [1.807, 2.05) is 0 Å². The van der Waals surface area contributed by atoms with Gasteiger partial charge in [0.15, 0.2) is 0 Å². The van der Waals surface area contributed by atoms with E-state index in [4.69, 9.17) is 0 Å². The monoisotopic (exact) mass is 357 g/mol. The van der Waals surface area contributed by atoms with Crippen molar-refractivity contribution in [1.29, 1.82) is 0 Å². The third-order valence-electron chi connectivity index (χ3n) is 4.04. The van der Waals surface area contributed by atoms with Gasteiger partial charge in [-0.1, -0.05) is 50.8 Å². The largest absolute Gasteiger partial charge is 0.310 e. The van der Waals surface area contributed by atoms with Gasteiger partial charge in [-0.3, -0.25) is 0 Å². The fourth-order valence-corrected chi connectivity index (χ4v) is 3.84. The van der Waals surface area contributed by atoms with Crippen molar-refractivity contribution in [1.82, 2.24) is 5.32 Å². The Kier molecular flexibility index (Phi) is 5.96. The molecule has 1 N–H and O–H groups in total. The average Bonchev–Trinajstić information content (AvgIpc) is 2.66. The molecule has 18 heavy (non-hydrogen) atoms. The van der Waals surface area contributed by atoms with Crippen molar-refractivity contribution < 1.29 is 0 Å². The van der Waals surface area contributed by atoms with Crippen LogP contribution in [0.25, 0.3) is 0 Å². The van der Waals surface area contributed by atoms with Crippen molar-refractivity contribution in [2.45, 2.75) is 51.5 Å². The van der Waals surface area contributed by atoms with E-state index < -0.39 is 0 Å². The van der Waals surface area contributed by atoms with Crippen molar-refractivity contribution in [3.63, 3.8) is 0 Å². The predicted molar refractivity (Wildman–Crippen MR) is 86.8 cm³/mol. The molecule has 1 aromatic rings. The smallest absolute Gasteiger partial charge is 0.0359 e. The minimum Gasteiger partial charge on any atom is -0.310 e. The lowest BCUT2D eigenvalue weighted by Gasteiger charge is -2.28. The normalized spacial score (nSPS) is 19.4. The number of halogens is 1. The zero-order chi connectivity index (χ0) is 12.8. The number of hydrogen-bond donors (Lipinski definition) is 1. The molecular weight excluding hydrogens is 333 g/mol. The highest BCUT2D eigenvalue weighted by Crippen LogP contribution is 2.35. The number of nitrogens with one attached hydrogen (secondary N) is 1. The zero-order valence-electron chi connectivity index (χ0n) is 11.3. The molecule has 0 amide bonds. The molecule has 2 rings (SSSR count). The lowest BCUT2D eigenvalue weighted by atomic mass is 9.87. The fourth-order valence-electron chi connectivity index (χ4n) is 3.12. The van der Waals surface area contributed by atoms with E-state index in [1.165, 1.54) is 47.7 Å². The van der Waals surface area contributed by atoms with E-state index in [2.05, 4.69) is 59.1 Å². The van der Waals surface area contributed by atoms with Crippen LogP contribution >= 0.6 is 22.6 Å². The Labute approximate surface area is 125 Å². The molecule has 0 aliphatic heterocycles. The summed E-state index contributed by atoms with van der Waals surface area (Å²) >= 11 is 2.48. The highest BCUT2D eigenvalue weighted by atomic mass is 127. The van der Waals surface area contributed by atoms with E-state index in [-0.39, 0.29) is 0 Å². The molecule has 0 heterocycles. The van der Waals surface area contributed by atoms with Crippen molar-refractivity contribution in [3.8, 4) is 0 Å². The molecular formula is C16H24IN. The molecule has 1 unspecified atom stereocenters. The fraction of sp³-hybridized carbons (Fsp3) is 0.625. The van der Waals surface area contributed by atoms with E-state index in [0.717, 1.165) is 12.5 Å². The van der Waals surface area contributed by atoms with Gasteiger partial charge in [0.05, 0.1) is 0 Å². The Hall–Kier alpha value is -0.0900. The van der Waals surface area contributed by atoms with Crippen LogP contribution in [0.3, 0.4) is 0 Å². The molecule has 1 aliphatic carbocycles. The maximum atomic E-state index is 3.73. The third-order valence-corrected chi connectivity index (χ3v) is 5.02. The molecule has 0 spiro atoms. The second-order valence-electron chi connectivity index (χ2n) is 5.31. The van der Waals surface area contributed by atoms with Crippen molar-refractivity contribution in [2.24, 2.45) is 5.92 Å². The zero-order valence-corrected chi connectivity index (χ0v) is 13.4. The van der Waals surface area contributed by atoms with Gasteiger partial charge >= 0.3 is 0 Å².